The van der Waals surface area contributed by atoms with Crippen LogP contribution < -0.4 is 5.73 Å². The van der Waals surface area contributed by atoms with E-state index in [-0.39, 0.29) is 11.4 Å². The van der Waals surface area contributed by atoms with Crippen LogP contribution >= 0.6 is 0 Å². The Morgan fingerprint density at radius 1 is 1.10 bits per heavy atom. The SMILES string of the molecule is COC(=O)c1ccccc1-n1ncc(C(=O)OC)c1N. The fourth-order valence-electron chi connectivity index (χ4n) is 1.76. The van der Waals surface area contributed by atoms with Crippen LogP contribution in [-0.2, 0) is 9.47 Å². The molecule has 0 aliphatic rings. The first-order valence-electron chi connectivity index (χ1n) is 5.69. The Kier molecular flexibility index (Phi) is 3.69. The van der Waals surface area contributed by atoms with E-state index in [1.165, 1.54) is 25.1 Å². The minimum absolute atomic E-state index is 0.0909. The van der Waals surface area contributed by atoms with E-state index in [0.29, 0.717) is 11.3 Å². The molecule has 1 aromatic carbocycles. The zero-order chi connectivity index (χ0) is 14.7. The van der Waals surface area contributed by atoms with Crippen molar-refractivity contribution in [2.75, 3.05) is 20.0 Å². The van der Waals surface area contributed by atoms with E-state index in [1.807, 2.05) is 0 Å². The molecule has 7 heteroatoms. The Hall–Kier alpha value is -2.83. The van der Waals surface area contributed by atoms with E-state index in [4.69, 9.17) is 10.5 Å². The highest BCUT2D eigenvalue weighted by atomic mass is 16.5. The van der Waals surface area contributed by atoms with Gasteiger partial charge in [0.25, 0.3) is 0 Å². The summed E-state index contributed by atoms with van der Waals surface area (Å²) >= 11 is 0. The lowest BCUT2D eigenvalue weighted by atomic mass is 10.2. The number of ether oxygens (including phenoxy) is 2. The Morgan fingerprint density at radius 3 is 2.35 bits per heavy atom. The zero-order valence-electron chi connectivity index (χ0n) is 11.0. The van der Waals surface area contributed by atoms with Crippen molar-refractivity contribution in [2.24, 2.45) is 0 Å². The number of hydrogen-bond acceptors (Lipinski definition) is 6. The van der Waals surface area contributed by atoms with Gasteiger partial charge in [-0.3, -0.25) is 0 Å². The Labute approximate surface area is 114 Å². The average molecular weight is 275 g/mol. The van der Waals surface area contributed by atoms with Crippen molar-refractivity contribution < 1.29 is 19.1 Å². The molecule has 0 radical (unpaired) electrons. The van der Waals surface area contributed by atoms with E-state index in [1.54, 1.807) is 24.3 Å². The molecule has 0 bridgehead atoms. The summed E-state index contributed by atoms with van der Waals surface area (Å²) < 4.78 is 10.6. The predicted molar refractivity (Wildman–Crippen MR) is 70.7 cm³/mol. The van der Waals surface area contributed by atoms with Crippen LogP contribution in [0.5, 0.6) is 0 Å². The molecule has 1 aromatic heterocycles. The number of esters is 2. The van der Waals surface area contributed by atoms with Gasteiger partial charge in [-0.05, 0) is 12.1 Å². The van der Waals surface area contributed by atoms with Crippen molar-refractivity contribution in [3.05, 3.63) is 41.6 Å². The fourth-order valence-corrected chi connectivity index (χ4v) is 1.76. The Morgan fingerprint density at radius 2 is 1.70 bits per heavy atom. The number of nitrogens with zero attached hydrogens (tertiary/aromatic N) is 2. The van der Waals surface area contributed by atoms with Gasteiger partial charge in [0, 0.05) is 0 Å². The molecule has 2 rings (SSSR count). The van der Waals surface area contributed by atoms with Gasteiger partial charge < -0.3 is 15.2 Å². The molecule has 0 aliphatic carbocycles. The molecule has 0 saturated heterocycles. The number of nitrogen functional groups attached to an aromatic ring is 1. The van der Waals surface area contributed by atoms with Gasteiger partial charge in [-0.1, -0.05) is 12.1 Å². The molecular formula is C13H13N3O4. The van der Waals surface area contributed by atoms with Crippen LogP contribution in [0.1, 0.15) is 20.7 Å². The summed E-state index contributed by atoms with van der Waals surface area (Å²) in [5.41, 5.74) is 6.72. The van der Waals surface area contributed by atoms with Gasteiger partial charge in [-0.25, -0.2) is 14.3 Å². The Balaban J connectivity index is 2.56. The molecule has 0 saturated carbocycles. The summed E-state index contributed by atoms with van der Waals surface area (Å²) in [5.74, 6) is -1.02. The molecule has 7 nitrogen and oxygen atoms in total. The van der Waals surface area contributed by atoms with Crippen LogP contribution in [0.2, 0.25) is 0 Å². The van der Waals surface area contributed by atoms with Crippen molar-refractivity contribution in [2.45, 2.75) is 0 Å². The number of anilines is 1. The molecule has 0 spiro atoms. The first-order valence-corrected chi connectivity index (χ1v) is 5.69. The smallest absolute Gasteiger partial charge is 0.343 e. The maximum absolute atomic E-state index is 11.7. The molecule has 0 aliphatic heterocycles. The van der Waals surface area contributed by atoms with Gasteiger partial charge in [0.15, 0.2) is 0 Å². The number of aromatic nitrogens is 2. The van der Waals surface area contributed by atoms with Gasteiger partial charge in [0.05, 0.1) is 31.7 Å². The molecular weight excluding hydrogens is 262 g/mol. The number of para-hydroxylation sites is 1. The summed E-state index contributed by atoms with van der Waals surface area (Å²) in [6, 6.07) is 6.65. The minimum atomic E-state index is -0.593. The van der Waals surface area contributed by atoms with E-state index >= 15 is 0 Å². The van der Waals surface area contributed by atoms with E-state index in [2.05, 4.69) is 9.84 Å². The lowest BCUT2D eigenvalue weighted by Gasteiger charge is -2.09. The van der Waals surface area contributed by atoms with E-state index < -0.39 is 11.9 Å². The Bertz CT molecular complexity index is 663. The van der Waals surface area contributed by atoms with Crippen LogP contribution in [-0.4, -0.2) is 35.9 Å². The third kappa shape index (κ3) is 2.20. The predicted octanol–water partition coefficient (Wildman–Crippen LogP) is 1.03. The lowest BCUT2D eigenvalue weighted by molar-refractivity contribution is 0.0593. The van der Waals surface area contributed by atoms with Crippen molar-refractivity contribution in [1.29, 1.82) is 0 Å². The van der Waals surface area contributed by atoms with Gasteiger partial charge in [0.1, 0.15) is 11.4 Å². The number of rotatable bonds is 3. The van der Waals surface area contributed by atoms with Gasteiger partial charge in [-0.15, -0.1) is 0 Å². The zero-order valence-corrected chi connectivity index (χ0v) is 11.0. The monoisotopic (exact) mass is 275 g/mol. The lowest BCUT2D eigenvalue weighted by Crippen LogP contribution is -2.11. The molecule has 0 amide bonds. The number of methoxy groups -OCH3 is 2. The van der Waals surface area contributed by atoms with Crippen LogP contribution in [0.3, 0.4) is 0 Å². The van der Waals surface area contributed by atoms with Gasteiger partial charge in [0.2, 0.25) is 0 Å². The topological polar surface area (TPSA) is 96.4 Å². The van der Waals surface area contributed by atoms with Crippen LogP contribution in [0.4, 0.5) is 5.82 Å². The standard InChI is InChI=1S/C13H13N3O4/c1-19-12(17)8-5-3-4-6-10(8)16-11(14)9(7-15-16)13(18)20-2/h3-7H,14H2,1-2H3. The highest BCUT2D eigenvalue weighted by Crippen LogP contribution is 2.21. The number of carbonyl (C=O) groups excluding carboxylic acids is 2. The third-order valence-electron chi connectivity index (χ3n) is 2.75. The molecule has 2 N–H and O–H groups in total. The first kappa shape index (κ1) is 13.6. The molecule has 0 unspecified atom stereocenters. The second-order valence-corrected chi connectivity index (χ2v) is 3.86. The fraction of sp³-hybridized carbons (Fsp3) is 0.154. The maximum atomic E-state index is 11.7. The highest BCUT2D eigenvalue weighted by molar-refractivity contribution is 5.96. The number of hydrogen-bond donors (Lipinski definition) is 1. The summed E-state index contributed by atoms with van der Waals surface area (Å²) in [6.45, 7) is 0. The second-order valence-electron chi connectivity index (χ2n) is 3.86. The molecule has 104 valence electrons. The molecule has 20 heavy (non-hydrogen) atoms. The molecule has 2 aromatic rings. The van der Waals surface area contributed by atoms with Crippen LogP contribution in [0.25, 0.3) is 5.69 Å². The second kappa shape index (κ2) is 5.43. The van der Waals surface area contributed by atoms with Crippen LogP contribution in [0, 0.1) is 0 Å². The summed E-state index contributed by atoms with van der Waals surface area (Å²) in [4.78, 5) is 23.2. The first-order chi connectivity index (χ1) is 9.60. The number of nitrogens with two attached hydrogens (primary N) is 1. The van der Waals surface area contributed by atoms with Crippen molar-refractivity contribution >= 4 is 17.8 Å². The summed E-state index contributed by atoms with van der Waals surface area (Å²) in [6.07, 6.45) is 1.29. The minimum Gasteiger partial charge on any atom is -0.465 e. The molecule has 1 heterocycles. The van der Waals surface area contributed by atoms with Gasteiger partial charge in [-0.2, -0.15) is 5.10 Å². The normalized spacial score (nSPS) is 10.1. The number of carbonyl (C=O) groups is 2. The highest BCUT2D eigenvalue weighted by Gasteiger charge is 2.20. The van der Waals surface area contributed by atoms with Crippen molar-refractivity contribution in [3.63, 3.8) is 0 Å². The molecule has 0 fully saturated rings. The quantitative estimate of drug-likeness (QED) is 0.840. The molecule has 0 atom stereocenters. The van der Waals surface area contributed by atoms with E-state index in [0.717, 1.165) is 0 Å². The maximum Gasteiger partial charge on any atom is 0.343 e. The van der Waals surface area contributed by atoms with Gasteiger partial charge >= 0.3 is 11.9 Å². The van der Waals surface area contributed by atoms with Crippen molar-refractivity contribution in [3.8, 4) is 5.69 Å². The average Bonchev–Trinajstić information content (AvgIpc) is 2.87. The van der Waals surface area contributed by atoms with Crippen LogP contribution in [0.15, 0.2) is 30.5 Å². The summed E-state index contributed by atoms with van der Waals surface area (Å²) in [5, 5.41) is 4.02. The third-order valence-corrected chi connectivity index (χ3v) is 2.75. The van der Waals surface area contributed by atoms with Crippen molar-refractivity contribution in [1.82, 2.24) is 9.78 Å². The number of benzene rings is 1. The summed E-state index contributed by atoms with van der Waals surface area (Å²) in [7, 11) is 2.53. The largest absolute Gasteiger partial charge is 0.465 e. The van der Waals surface area contributed by atoms with E-state index in [9.17, 15) is 9.59 Å².